The number of hydrogen-bond acceptors (Lipinski definition) is 1. The predicted octanol–water partition coefficient (Wildman–Crippen LogP) is 3.36. The van der Waals surface area contributed by atoms with Gasteiger partial charge in [0.25, 0.3) is 0 Å². The lowest BCUT2D eigenvalue weighted by molar-refractivity contribution is 0.469. The van der Waals surface area contributed by atoms with E-state index in [0.29, 0.717) is 11.7 Å². The van der Waals surface area contributed by atoms with Crippen molar-refractivity contribution in [1.82, 2.24) is 0 Å². The van der Waals surface area contributed by atoms with E-state index in [0.717, 1.165) is 5.56 Å². The van der Waals surface area contributed by atoms with Crippen LogP contribution in [0.25, 0.3) is 0 Å². The number of hydrogen-bond donors (Lipinski definition) is 1. The second kappa shape index (κ2) is 3.41. The SMILES string of the molecule is Cc1c(O)cccc1C1CCCC1. The molecule has 70 valence electrons. The van der Waals surface area contributed by atoms with Gasteiger partial charge >= 0.3 is 0 Å². The Labute approximate surface area is 79.4 Å². The molecule has 1 aromatic carbocycles. The van der Waals surface area contributed by atoms with Gasteiger partial charge in [-0.3, -0.25) is 0 Å². The minimum Gasteiger partial charge on any atom is -0.508 e. The molecule has 0 aliphatic heterocycles. The van der Waals surface area contributed by atoms with Gasteiger partial charge in [-0.05, 0) is 42.9 Å². The Hall–Kier alpha value is -0.980. The topological polar surface area (TPSA) is 20.2 Å². The first-order valence-corrected chi connectivity index (χ1v) is 5.07. The molecule has 0 heterocycles. The Morgan fingerprint density at radius 1 is 1.23 bits per heavy atom. The lowest BCUT2D eigenvalue weighted by Gasteiger charge is -2.13. The number of rotatable bonds is 1. The summed E-state index contributed by atoms with van der Waals surface area (Å²) < 4.78 is 0. The molecule has 0 unspecified atom stereocenters. The maximum Gasteiger partial charge on any atom is 0.118 e. The van der Waals surface area contributed by atoms with E-state index in [1.165, 1.54) is 31.2 Å². The summed E-state index contributed by atoms with van der Waals surface area (Å²) in [5.41, 5.74) is 2.44. The molecule has 1 aliphatic carbocycles. The highest BCUT2D eigenvalue weighted by Gasteiger charge is 2.19. The van der Waals surface area contributed by atoms with Gasteiger partial charge in [0.05, 0.1) is 0 Å². The Morgan fingerprint density at radius 2 is 1.92 bits per heavy atom. The molecule has 1 saturated carbocycles. The maximum atomic E-state index is 9.56. The number of phenolic OH excluding ortho intramolecular Hbond substituents is 1. The first-order valence-electron chi connectivity index (χ1n) is 5.07. The monoisotopic (exact) mass is 176 g/mol. The average Bonchev–Trinajstić information content (AvgIpc) is 2.62. The van der Waals surface area contributed by atoms with Gasteiger partial charge < -0.3 is 5.11 Å². The van der Waals surface area contributed by atoms with Gasteiger partial charge in [0.1, 0.15) is 5.75 Å². The van der Waals surface area contributed by atoms with Crippen molar-refractivity contribution < 1.29 is 5.11 Å². The molecule has 1 heteroatoms. The van der Waals surface area contributed by atoms with Crippen molar-refractivity contribution in [2.24, 2.45) is 0 Å². The molecular weight excluding hydrogens is 160 g/mol. The Kier molecular flexibility index (Phi) is 2.26. The normalized spacial score (nSPS) is 17.9. The summed E-state index contributed by atoms with van der Waals surface area (Å²) in [6.45, 7) is 2.02. The minimum atomic E-state index is 0.449. The fraction of sp³-hybridized carbons (Fsp3) is 0.500. The Balaban J connectivity index is 2.33. The Bertz CT molecular complexity index is 298. The van der Waals surface area contributed by atoms with Crippen molar-refractivity contribution in [3.05, 3.63) is 29.3 Å². The predicted molar refractivity (Wildman–Crippen MR) is 54.1 cm³/mol. The second-order valence-corrected chi connectivity index (χ2v) is 3.97. The fourth-order valence-corrected chi connectivity index (χ4v) is 2.32. The van der Waals surface area contributed by atoms with Gasteiger partial charge in [-0.25, -0.2) is 0 Å². The molecule has 1 N–H and O–H groups in total. The molecule has 1 nitrogen and oxygen atoms in total. The molecule has 0 bridgehead atoms. The van der Waals surface area contributed by atoms with Crippen LogP contribution in [0.3, 0.4) is 0 Å². The summed E-state index contributed by atoms with van der Waals surface area (Å²) in [6.07, 6.45) is 5.29. The highest BCUT2D eigenvalue weighted by molar-refractivity contribution is 5.40. The Morgan fingerprint density at radius 3 is 2.62 bits per heavy atom. The lowest BCUT2D eigenvalue weighted by atomic mass is 9.93. The summed E-state index contributed by atoms with van der Waals surface area (Å²) >= 11 is 0. The van der Waals surface area contributed by atoms with Crippen LogP contribution in [0.4, 0.5) is 0 Å². The van der Waals surface area contributed by atoms with Crippen molar-refractivity contribution in [1.29, 1.82) is 0 Å². The molecule has 0 spiro atoms. The third kappa shape index (κ3) is 1.55. The van der Waals surface area contributed by atoms with Crippen LogP contribution in [0.2, 0.25) is 0 Å². The van der Waals surface area contributed by atoms with Crippen molar-refractivity contribution in [3.8, 4) is 5.75 Å². The number of aromatic hydroxyl groups is 1. The van der Waals surface area contributed by atoms with Crippen LogP contribution in [-0.4, -0.2) is 5.11 Å². The van der Waals surface area contributed by atoms with Crippen molar-refractivity contribution >= 4 is 0 Å². The molecule has 0 atom stereocenters. The van der Waals surface area contributed by atoms with Gasteiger partial charge in [0, 0.05) is 0 Å². The van der Waals surface area contributed by atoms with Crippen LogP contribution < -0.4 is 0 Å². The van der Waals surface area contributed by atoms with E-state index in [1.807, 2.05) is 13.0 Å². The van der Waals surface area contributed by atoms with Gasteiger partial charge in [0.15, 0.2) is 0 Å². The zero-order valence-corrected chi connectivity index (χ0v) is 8.09. The highest BCUT2D eigenvalue weighted by atomic mass is 16.3. The number of benzene rings is 1. The van der Waals surface area contributed by atoms with E-state index in [1.54, 1.807) is 6.07 Å². The van der Waals surface area contributed by atoms with Crippen molar-refractivity contribution in [2.75, 3.05) is 0 Å². The molecule has 13 heavy (non-hydrogen) atoms. The lowest BCUT2D eigenvalue weighted by Crippen LogP contribution is -1.95. The molecule has 0 radical (unpaired) electrons. The van der Waals surface area contributed by atoms with Gasteiger partial charge in [-0.15, -0.1) is 0 Å². The number of phenols is 1. The first-order chi connectivity index (χ1) is 6.29. The minimum absolute atomic E-state index is 0.449. The standard InChI is InChI=1S/C12H16O/c1-9-11(7-4-8-12(9)13)10-5-2-3-6-10/h4,7-8,10,13H,2-3,5-6H2,1H3. The molecule has 2 rings (SSSR count). The summed E-state index contributed by atoms with van der Waals surface area (Å²) in [5, 5.41) is 9.56. The van der Waals surface area contributed by atoms with Gasteiger partial charge in [0.2, 0.25) is 0 Å². The van der Waals surface area contributed by atoms with Crippen LogP contribution in [-0.2, 0) is 0 Å². The van der Waals surface area contributed by atoms with Crippen molar-refractivity contribution in [3.63, 3.8) is 0 Å². The van der Waals surface area contributed by atoms with Crippen molar-refractivity contribution in [2.45, 2.75) is 38.5 Å². The van der Waals surface area contributed by atoms with E-state index in [2.05, 4.69) is 6.07 Å². The van der Waals surface area contributed by atoms with Crippen LogP contribution in [0.15, 0.2) is 18.2 Å². The smallest absolute Gasteiger partial charge is 0.118 e. The van der Waals surface area contributed by atoms with Gasteiger partial charge in [-0.2, -0.15) is 0 Å². The molecule has 0 saturated heterocycles. The van der Waals surface area contributed by atoms with E-state index in [9.17, 15) is 5.11 Å². The van der Waals surface area contributed by atoms with Gasteiger partial charge in [-0.1, -0.05) is 25.0 Å². The summed E-state index contributed by atoms with van der Waals surface area (Å²) in [6, 6.07) is 5.88. The fourth-order valence-electron chi connectivity index (χ4n) is 2.32. The first kappa shape index (κ1) is 8.61. The zero-order valence-electron chi connectivity index (χ0n) is 8.09. The highest BCUT2D eigenvalue weighted by Crippen LogP contribution is 2.37. The molecule has 0 amide bonds. The quantitative estimate of drug-likeness (QED) is 0.695. The summed E-state index contributed by atoms with van der Waals surface area (Å²) in [7, 11) is 0. The van der Waals surface area contributed by atoms with Crippen LogP contribution >= 0.6 is 0 Å². The zero-order chi connectivity index (χ0) is 9.26. The largest absolute Gasteiger partial charge is 0.508 e. The van der Waals surface area contributed by atoms with E-state index < -0.39 is 0 Å². The molecule has 1 aliphatic rings. The van der Waals surface area contributed by atoms with Crippen LogP contribution in [0, 0.1) is 6.92 Å². The molecule has 1 fully saturated rings. The maximum absolute atomic E-state index is 9.56. The molecule has 0 aromatic heterocycles. The summed E-state index contributed by atoms with van der Waals surface area (Å²) in [5.74, 6) is 1.15. The summed E-state index contributed by atoms with van der Waals surface area (Å²) in [4.78, 5) is 0. The second-order valence-electron chi connectivity index (χ2n) is 3.97. The van der Waals surface area contributed by atoms with E-state index in [4.69, 9.17) is 0 Å². The van der Waals surface area contributed by atoms with E-state index in [-0.39, 0.29) is 0 Å². The van der Waals surface area contributed by atoms with E-state index >= 15 is 0 Å². The molecule has 1 aromatic rings. The average molecular weight is 176 g/mol. The third-order valence-electron chi connectivity index (χ3n) is 3.14. The van der Waals surface area contributed by atoms with Crippen LogP contribution in [0.1, 0.15) is 42.7 Å². The molecular formula is C12H16O. The third-order valence-corrected chi connectivity index (χ3v) is 3.14. The van der Waals surface area contributed by atoms with Crippen LogP contribution in [0.5, 0.6) is 5.75 Å².